The van der Waals surface area contributed by atoms with Crippen molar-refractivity contribution in [3.63, 3.8) is 0 Å². The van der Waals surface area contributed by atoms with Crippen molar-refractivity contribution in [3.05, 3.63) is 52.0 Å². The molecule has 7 heteroatoms. The summed E-state index contributed by atoms with van der Waals surface area (Å²) in [4.78, 5) is 12.8. The average molecular weight is 384 g/mol. The summed E-state index contributed by atoms with van der Waals surface area (Å²) in [6, 6.07) is 3.07. The zero-order chi connectivity index (χ0) is 19.6. The molecule has 0 amide bonds. The molecule has 2 N–H and O–H groups in total. The lowest BCUT2D eigenvalue weighted by Gasteiger charge is -2.37. The number of ketones is 1. The van der Waals surface area contributed by atoms with Crippen LogP contribution >= 0.6 is 0 Å². The normalized spacial score (nSPS) is 25.1. The van der Waals surface area contributed by atoms with Crippen LogP contribution in [0, 0.1) is 0 Å². The van der Waals surface area contributed by atoms with Gasteiger partial charge in [0.25, 0.3) is 0 Å². The fraction of sp³-hybridized carbons (Fsp3) is 0.381. The summed E-state index contributed by atoms with van der Waals surface area (Å²) in [5.41, 5.74) is 1.83. The number of fused-ring (bicyclic) bond motifs is 3. The van der Waals surface area contributed by atoms with Crippen LogP contribution in [0.5, 0.6) is 17.2 Å². The van der Waals surface area contributed by atoms with Crippen LogP contribution in [0.25, 0.3) is 0 Å². The second kappa shape index (κ2) is 5.78. The first kappa shape index (κ1) is 17.2. The Morgan fingerprint density at radius 1 is 1.11 bits per heavy atom. The van der Waals surface area contributed by atoms with Gasteiger partial charge < -0.3 is 29.2 Å². The first-order chi connectivity index (χ1) is 13.3. The number of Topliss-reactive ketones (excluding diaryl/α,β-unsaturated/α-hetero) is 1. The first-order valence-electron chi connectivity index (χ1n) is 9.15. The topological polar surface area (TPSA) is 94.5 Å². The molecule has 0 aromatic heterocycles. The highest BCUT2D eigenvalue weighted by Gasteiger charge is 2.41. The molecule has 0 radical (unpaired) electrons. The zero-order valence-electron chi connectivity index (χ0n) is 15.6. The highest BCUT2D eigenvalue weighted by molar-refractivity contribution is 6.04. The van der Waals surface area contributed by atoms with Crippen molar-refractivity contribution < 1.29 is 34.0 Å². The molecule has 0 bridgehead atoms. The standard InChI is InChI=1S/C21H20O7/c1-21(2)6-10-3-15(23)18-19(24)13(7-25-20(18)12(10)8-28-21)11-4-16-17(5-14(11)22)27-9-26-16/h4-6,13,22,24H,3,7-9H2,1-2H3/t13-/m1/s1. The number of aliphatic hydroxyl groups excluding tert-OH is 1. The number of aromatic hydroxyl groups is 1. The maximum Gasteiger partial charge on any atom is 0.231 e. The Morgan fingerprint density at radius 3 is 2.64 bits per heavy atom. The van der Waals surface area contributed by atoms with E-state index in [1.54, 1.807) is 6.07 Å². The number of phenolic OH excluding ortho intramolecular Hbond substituents is 1. The van der Waals surface area contributed by atoms with E-state index in [1.807, 2.05) is 19.9 Å². The van der Waals surface area contributed by atoms with Gasteiger partial charge in [0.05, 0.1) is 23.7 Å². The van der Waals surface area contributed by atoms with Gasteiger partial charge in [0.2, 0.25) is 6.79 Å². The van der Waals surface area contributed by atoms with E-state index in [1.165, 1.54) is 6.07 Å². The lowest BCUT2D eigenvalue weighted by atomic mass is 9.80. The van der Waals surface area contributed by atoms with Crippen LogP contribution < -0.4 is 9.47 Å². The van der Waals surface area contributed by atoms with E-state index in [2.05, 4.69) is 0 Å². The maximum absolute atomic E-state index is 12.8. The Balaban J connectivity index is 1.61. The average Bonchev–Trinajstić information content (AvgIpc) is 3.07. The predicted octanol–water partition coefficient (Wildman–Crippen LogP) is 3.01. The van der Waals surface area contributed by atoms with Crippen LogP contribution in [0.1, 0.15) is 31.7 Å². The van der Waals surface area contributed by atoms with Crippen LogP contribution in [0.4, 0.5) is 0 Å². The molecular weight excluding hydrogens is 364 g/mol. The van der Waals surface area contributed by atoms with E-state index in [9.17, 15) is 15.0 Å². The van der Waals surface area contributed by atoms with Gasteiger partial charge in [-0.2, -0.15) is 0 Å². The first-order valence-corrected chi connectivity index (χ1v) is 9.15. The van der Waals surface area contributed by atoms with Gasteiger partial charge in [-0.15, -0.1) is 0 Å². The monoisotopic (exact) mass is 384 g/mol. The number of carbonyl (C=O) groups excluding carboxylic acids is 1. The maximum atomic E-state index is 12.8. The highest BCUT2D eigenvalue weighted by Crippen LogP contribution is 2.47. The molecule has 3 aliphatic heterocycles. The molecule has 4 aliphatic rings. The number of allylic oxidation sites excluding steroid dienone is 1. The van der Waals surface area contributed by atoms with Gasteiger partial charge in [-0.25, -0.2) is 0 Å². The van der Waals surface area contributed by atoms with Gasteiger partial charge in [0.1, 0.15) is 23.9 Å². The minimum atomic E-state index is -0.677. The van der Waals surface area contributed by atoms with Gasteiger partial charge in [0.15, 0.2) is 17.3 Å². The summed E-state index contributed by atoms with van der Waals surface area (Å²) < 4.78 is 22.4. The third kappa shape index (κ3) is 2.50. The van der Waals surface area contributed by atoms with Crippen LogP contribution in [0.2, 0.25) is 0 Å². The molecule has 1 aliphatic carbocycles. The Bertz CT molecular complexity index is 996. The second-order valence-electron chi connectivity index (χ2n) is 7.86. The minimum absolute atomic E-state index is 0.0484. The quantitative estimate of drug-likeness (QED) is 0.769. The molecule has 146 valence electrons. The van der Waals surface area contributed by atoms with E-state index in [4.69, 9.17) is 18.9 Å². The third-order valence-electron chi connectivity index (χ3n) is 5.51. The number of benzene rings is 1. The second-order valence-corrected chi connectivity index (χ2v) is 7.86. The Kier molecular flexibility index (Phi) is 3.55. The third-order valence-corrected chi connectivity index (χ3v) is 5.51. The lowest BCUT2D eigenvalue weighted by Crippen LogP contribution is -2.34. The molecular formula is C21H20O7. The molecule has 1 aromatic rings. The Morgan fingerprint density at radius 2 is 1.86 bits per heavy atom. The number of hydrogen-bond acceptors (Lipinski definition) is 7. The molecule has 7 nitrogen and oxygen atoms in total. The summed E-state index contributed by atoms with van der Waals surface area (Å²) in [5.74, 6) is 0.280. The smallest absolute Gasteiger partial charge is 0.231 e. The molecule has 0 saturated heterocycles. The van der Waals surface area contributed by atoms with E-state index in [0.717, 1.165) is 11.1 Å². The van der Waals surface area contributed by atoms with Crippen LogP contribution in [0.3, 0.4) is 0 Å². The van der Waals surface area contributed by atoms with Crippen molar-refractivity contribution in [2.45, 2.75) is 31.8 Å². The molecule has 1 atom stereocenters. The van der Waals surface area contributed by atoms with Gasteiger partial charge in [-0.3, -0.25) is 4.79 Å². The Labute approximate surface area is 161 Å². The number of rotatable bonds is 1. The van der Waals surface area contributed by atoms with Gasteiger partial charge in [-0.05, 0) is 31.6 Å². The van der Waals surface area contributed by atoms with Gasteiger partial charge in [-0.1, -0.05) is 0 Å². The number of ether oxygens (including phenoxy) is 4. The fourth-order valence-electron chi connectivity index (χ4n) is 4.11. The molecule has 0 fully saturated rings. The zero-order valence-corrected chi connectivity index (χ0v) is 15.6. The largest absolute Gasteiger partial charge is 0.511 e. The predicted molar refractivity (Wildman–Crippen MR) is 97.3 cm³/mol. The fourth-order valence-corrected chi connectivity index (χ4v) is 4.11. The molecule has 3 heterocycles. The van der Waals surface area contributed by atoms with Gasteiger partial charge in [0, 0.05) is 23.6 Å². The SMILES string of the molecule is CC1(C)C=C2CC(=O)C3=C(O)[C@@H](c4cc5c(cc4O)OCO5)COC3=C2CO1. The number of hydrogen-bond donors (Lipinski definition) is 2. The van der Waals surface area contributed by atoms with Crippen molar-refractivity contribution in [2.24, 2.45) is 0 Å². The summed E-state index contributed by atoms with van der Waals surface area (Å²) >= 11 is 0. The van der Waals surface area contributed by atoms with Gasteiger partial charge >= 0.3 is 0 Å². The molecule has 5 rings (SSSR count). The summed E-state index contributed by atoms with van der Waals surface area (Å²) in [7, 11) is 0. The molecule has 0 spiro atoms. The van der Waals surface area contributed by atoms with Crippen molar-refractivity contribution in [1.29, 1.82) is 0 Å². The van der Waals surface area contributed by atoms with Crippen molar-refractivity contribution >= 4 is 5.78 Å². The highest BCUT2D eigenvalue weighted by atomic mass is 16.7. The van der Waals surface area contributed by atoms with Crippen molar-refractivity contribution in [2.75, 3.05) is 20.0 Å². The Hall–Kier alpha value is -2.93. The van der Waals surface area contributed by atoms with E-state index >= 15 is 0 Å². The summed E-state index contributed by atoms with van der Waals surface area (Å²) in [6.45, 7) is 4.36. The van der Waals surface area contributed by atoms with E-state index in [-0.39, 0.29) is 42.7 Å². The van der Waals surface area contributed by atoms with Crippen LogP contribution in [-0.2, 0) is 14.3 Å². The van der Waals surface area contributed by atoms with Crippen molar-refractivity contribution in [3.8, 4) is 17.2 Å². The molecule has 0 saturated carbocycles. The van der Waals surface area contributed by atoms with E-state index in [0.29, 0.717) is 29.4 Å². The summed E-state index contributed by atoms with van der Waals surface area (Å²) in [5, 5.41) is 21.4. The van der Waals surface area contributed by atoms with Crippen LogP contribution in [0.15, 0.2) is 46.4 Å². The minimum Gasteiger partial charge on any atom is -0.511 e. The van der Waals surface area contributed by atoms with E-state index < -0.39 is 11.5 Å². The number of carbonyl (C=O) groups is 1. The molecule has 28 heavy (non-hydrogen) atoms. The summed E-state index contributed by atoms with van der Waals surface area (Å²) in [6.07, 6.45) is 2.12. The lowest BCUT2D eigenvalue weighted by molar-refractivity contribution is -0.115. The number of phenols is 1. The van der Waals surface area contributed by atoms with Crippen LogP contribution in [-0.4, -0.2) is 41.6 Å². The number of aliphatic hydroxyl groups is 1. The molecule has 0 unspecified atom stereocenters. The molecule has 1 aromatic carbocycles. The van der Waals surface area contributed by atoms with Crippen molar-refractivity contribution in [1.82, 2.24) is 0 Å².